The van der Waals surface area contributed by atoms with Gasteiger partial charge in [0.05, 0.1) is 23.5 Å². The Labute approximate surface area is 165 Å². The van der Waals surface area contributed by atoms with Gasteiger partial charge in [-0.05, 0) is 51.1 Å². The lowest BCUT2D eigenvalue weighted by molar-refractivity contribution is -0.750. The summed E-state index contributed by atoms with van der Waals surface area (Å²) >= 11 is 0. The molecule has 28 heavy (non-hydrogen) atoms. The first kappa shape index (κ1) is 17.4. The minimum Gasteiger partial charge on any atom is -0.309 e. The Bertz CT molecular complexity index is 1060. The number of pyridine rings is 1. The summed E-state index contributed by atoms with van der Waals surface area (Å²) in [6.45, 7) is 1.13. The van der Waals surface area contributed by atoms with Crippen LogP contribution in [0.4, 0.5) is 0 Å². The number of aromatic nitrogens is 1. The molecule has 1 aliphatic carbocycles. The summed E-state index contributed by atoms with van der Waals surface area (Å²) in [6.07, 6.45) is 9.69. The Morgan fingerprint density at radius 2 is 2.07 bits per heavy atom. The van der Waals surface area contributed by atoms with Crippen LogP contribution < -0.4 is 5.84 Å². The van der Waals surface area contributed by atoms with Crippen molar-refractivity contribution < 1.29 is 4.59 Å². The molecule has 0 amide bonds. The van der Waals surface area contributed by atoms with Crippen molar-refractivity contribution >= 4 is 23.0 Å². The number of fused-ring (bicyclic) bond motifs is 2. The van der Waals surface area contributed by atoms with Gasteiger partial charge in [0.1, 0.15) is 11.9 Å². The molecule has 0 spiro atoms. The summed E-state index contributed by atoms with van der Waals surface area (Å²) in [5, 5.41) is 1.11. The van der Waals surface area contributed by atoms with Gasteiger partial charge in [0, 0.05) is 24.0 Å². The van der Waals surface area contributed by atoms with Crippen LogP contribution in [0.3, 0.4) is 0 Å². The Hall–Kier alpha value is -2.67. The molecule has 2 N–H and O–H groups in total. The van der Waals surface area contributed by atoms with Crippen LogP contribution >= 0.6 is 0 Å². The molecule has 0 radical (unpaired) electrons. The molecule has 1 saturated carbocycles. The Morgan fingerprint density at radius 3 is 2.89 bits per heavy atom. The Morgan fingerprint density at radius 1 is 1.21 bits per heavy atom. The van der Waals surface area contributed by atoms with Crippen LogP contribution in [-0.4, -0.2) is 47.2 Å². The van der Waals surface area contributed by atoms with Crippen molar-refractivity contribution in [3.63, 3.8) is 0 Å². The van der Waals surface area contributed by atoms with Crippen LogP contribution in [0.1, 0.15) is 18.4 Å². The number of hydrogen-bond donors (Lipinski definition) is 1. The molecule has 1 aromatic heterocycles. The van der Waals surface area contributed by atoms with E-state index in [1.54, 1.807) is 6.20 Å². The third-order valence-electron chi connectivity index (χ3n) is 5.93. The fourth-order valence-electron chi connectivity index (χ4n) is 4.54. The molecular weight excluding hydrogens is 348 g/mol. The summed E-state index contributed by atoms with van der Waals surface area (Å²) < 4.78 is 0.0893. The van der Waals surface area contributed by atoms with Crippen molar-refractivity contribution in [1.29, 1.82) is 0 Å². The van der Waals surface area contributed by atoms with Crippen LogP contribution in [-0.2, 0) is 0 Å². The molecule has 6 nitrogen and oxygen atoms in total. The third kappa shape index (κ3) is 2.73. The molecule has 1 aromatic carbocycles. The van der Waals surface area contributed by atoms with Crippen LogP contribution in [0.25, 0.3) is 10.9 Å². The predicted octanol–water partition coefficient (Wildman–Crippen LogP) is 3.04. The SMILES string of the molecule is CN(C)CC1CC(C2=C3C=NC=C[N+]3(N)C(c3ccc4cccnc4c3)=N2)C1. The van der Waals surface area contributed by atoms with Crippen LogP contribution in [0.5, 0.6) is 0 Å². The van der Waals surface area contributed by atoms with E-state index in [0.29, 0.717) is 5.92 Å². The molecule has 1 unspecified atom stereocenters. The summed E-state index contributed by atoms with van der Waals surface area (Å²) in [6, 6.07) is 10.3. The number of aliphatic imine (C=N–C) groups is 2. The summed E-state index contributed by atoms with van der Waals surface area (Å²) in [4.78, 5) is 16.2. The average molecular weight is 373 g/mol. The van der Waals surface area contributed by atoms with Gasteiger partial charge in [-0.1, -0.05) is 12.1 Å². The minimum absolute atomic E-state index is 0.0893. The molecular formula is C22H25N6+. The van der Waals surface area contributed by atoms with Gasteiger partial charge < -0.3 is 4.90 Å². The maximum atomic E-state index is 6.85. The van der Waals surface area contributed by atoms with Crippen molar-refractivity contribution in [1.82, 2.24) is 9.88 Å². The summed E-state index contributed by atoms with van der Waals surface area (Å²) in [5.41, 5.74) is 4.05. The average Bonchev–Trinajstić information content (AvgIpc) is 2.96. The second-order valence-corrected chi connectivity index (χ2v) is 8.27. The third-order valence-corrected chi connectivity index (χ3v) is 5.93. The molecule has 3 aliphatic rings. The van der Waals surface area contributed by atoms with Gasteiger partial charge in [-0.15, -0.1) is 4.59 Å². The molecule has 2 aromatic rings. The minimum atomic E-state index is 0.0893. The predicted molar refractivity (Wildman–Crippen MR) is 112 cm³/mol. The number of rotatable bonds is 4. The van der Waals surface area contributed by atoms with E-state index in [9.17, 15) is 0 Å². The topological polar surface area (TPSA) is 66.9 Å². The fourth-order valence-corrected chi connectivity index (χ4v) is 4.54. The summed E-state index contributed by atoms with van der Waals surface area (Å²) in [5.74, 6) is 8.88. The molecule has 1 fully saturated rings. The maximum absolute atomic E-state index is 6.85. The van der Waals surface area contributed by atoms with Crippen LogP contribution in [0.15, 0.2) is 70.3 Å². The summed E-state index contributed by atoms with van der Waals surface area (Å²) in [7, 11) is 4.27. The van der Waals surface area contributed by atoms with Gasteiger partial charge in [0.25, 0.3) is 5.84 Å². The van der Waals surface area contributed by atoms with Crippen molar-refractivity contribution in [3.8, 4) is 0 Å². The van der Waals surface area contributed by atoms with Gasteiger partial charge in [-0.25, -0.2) is 0 Å². The standard InChI is InChI=1S/C22H25N6/c1-27(2)14-15-10-18(11-15)21-20-13-24-8-9-28(20,23)22(26-21)17-6-5-16-4-3-7-25-19(16)12-17/h3-9,12-13,15,18H,10-11,14,23H2,1-2H3/q+1. The number of allylic oxidation sites excluding steroid dienone is 2. The van der Waals surface area contributed by atoms with Crippen molar-refractivity contribution in [2.45, 2.75) is 12.8 Å². The first-order chi connectivity index (χ1) is 13.5. The van der Waals surface area contributed by atoms with E-state index in [1.165, 1.54) is 0 Å². The maximum Gasteiger partial charge on any atom is 0.264 e. The zero-order valence-electron chi connectivity index (χ0n) is 16.3. The fraction of sp³-hybridized carbons (Fsp3) is 0.318. The first-order valence-electron chi connectivity index (χ1n) is 9.76. The smallest absolute Gasteiger partial charge is 0.264 e. The van der Waals surface area contributed by atoms with Gasteiger partial charge in [-0.2, -0.15) is 10.8 Å². The molecule has 5 rings (SSSR count). The zero-order chi connectivity index (χ0) is 19.3. The van der Waals surface area contributed by atoms with Gasteiger partial charge in [0.2, 0.25) is 5.70 Å². The number of quaternary nitrogens is 1. The highest BCUT2D eigenvalue weighted by atomic mass is 15.6. The highest BCUT2D eigenvalue weighted by Crippen LogP contribution is 2.45. The van der Waals surface area contributed by atoms with E-state index in [0.717, 1.165) is 59.0 Å². The number of nitrogens with two attached hydrogens (primary N) is 1. The number of amidine groups is 1. The Balaban J connectivity index is 1.52. The second kappa shape index (κ2) is 6.44. The van der Waals surface area contributed by atoms with E-state index < -0.39 is 0 Å². The first-order valence-corrected chi connectivity index (χ1v) is 9.76. The quantitative estimate of drug-likeness (QED) is 0.662. The van der Waals surface area contributed by atoms with Crippen molar-refractivity contribution in [2.75, 3.05) is 20.6 Å². The molecule has 6 heteroatoms. The molecule has 2 aliphatic heterocycles. The van der Waals surface area contributed by atoms with E-state index in [1.807, 2.05) is 24.7 Å². The molecule has 3 heterocycles. The van der Waals surface area contributed by atoms with E-state index in [2.05, 4.69) is 53.2 Å². The van der Waals surface area contributed by atoms with E-state index in [-0.39, 0.29) is 4.59 Å². The van der Waals surface area contributed by atoms with Crippen LogP contribution in [0, 0.1) is 11.8 Å². The Kier molecular flexibility index (Phi) is 4.01. The van der Waals surface area contributed by atoms with E-state index >= 15 is 0 Å². The lowest BCUT2D eigenvalue weighted by atomic mass is 9.72. The van der Waals surface area contributed by atoms with Gasteiger partial charge >= 0.3 is 0 Å². The lowest BCUT2D eigenvalue weighted by Gasteiger charge is -2.36. The largest absolute Gasteiger partial charge is 0.309 e. The normalized spacial score (nSPS) is 28.6. The van der Waals surface area contributed by atoms with Crippen LogP contribution in [0.2, 0.25) is 0 Å². The highest BCUT2D eigenvalue weighted by molar-refractivity contribution is 6.02. The highest BCUT2D eigenvalue weighted by Gasteiger charge is 2.48. The van der Waals surface area contributed by atoms with Gasteiger partial charge in [0.15, 0.2) is 0 Å². The number of hydrogen-bond acceptors (Lipinski definition) is 5. The van der Waals surface area contributed by atoms with E-state index in [4.69, 9.17) is 10.8 Å². The lowest BCUT2D eigenvalue weighted by Crippen LogP contribution is -2.53. The molecule has 1 atom stereocenters. The molecule has 142 valence electrons. The number of nitrogens with zero attached hydrogens (tertiary/aromatic N) is 5. The molecule has 0 bridgehead atoms. The zero-order valence-corrected chi connectivity index (χ0v) is 16.3. The molecule has 0 saturated heterocycles. The van der Waals surface area contributed by atoms with Gasteiger partial charge in [-0.3, -0.25) is 9.98 Å². The van der Waals surface area contributed by atoms with Crippen molar-refractivity contribution in [2.24, 2.45) is 27.7 Å². The van der Waals surface area contributed by atoms with Crippen molar-refractivity contribution in [3.05, 3.63) is 65.9 Å². The number of benzene rings is 1. The monoisotopic (exact) mass is 373 g/mol. The second-order valence-electron chi connectivity index (χ2n) is 8.27.